The zero-order chi connectivity index (χ0) is 11.3. The fourth-order valence-electron chi connectivity index (χ4n) is 0.981. The minimum absolute atomic E-state index is 0.233. The van der Waals surface area contributed by atoms with Gasteiger partial charge in [0.25, 0.3) is 0 Å². The van der Waals surface area contributed by atoms with E-state index in [1.807, 2.05) is 0 Å². The van der Waals surface area contributed by atoms with Crippen LogP contribution in [0.3, 0.4) is 0 Å². The van der Waals surface area contributed by atoms with Crippen molar-refractivity contribution in [3.05, 3.63) is 40.6 Å². The van der Waals surface area contributed by atoms with Gasteiger partial charge in [-0.1, -0.05) is 23.7 Å². The van der Waals surface area contributed by atoms with Crippen LogP contribution < -0.4 is 0 Å². The molecule has 0 aliphatic rings. The number of hydrogen-bond donors (Lipinski definition) is 1. The molecule has 0 atom stereocenters. The smallest absolute Gasteiger partial charge is 0.373 e. The Bertz CT molecular complexity index is 368. The fourth-order valence-corrected chi connectivity index (χ4v) is 1.11. The summed E-state index contributed by atoms with van der Waals surface area (Å²) < 4.78 is 4.62. The molecule has 3 nitrogen and oxygen atoms in total. The van der Waals surface area contributed by atoms with Gasteiger partial charge in [0.05, 0.1) is 6.61 Å². The van der Waals surface area contributed by atoms with Gasteiger partial charge in [-0.25, -0.2) is 4.79 Å². The van der Waals surface area contributed by atoms with Crippen molar-refractivity contribution in [3.63, 3.8) is 0 Å². The molecule has 0 amide bonds. The second-order valence-electron chi connectivity index (χ2n) is 2.80. The van der Waals surface area contributed by atoms with Crippen LogP contribution in [0.4, 0.5) is 0 Å². The molecule has 0 bridgehead atoms. The third kappa shape index (κ3) is 3.64. The summed E-state index contributed by atoms with van der Waals surface area (Å²) in [5, 5.41) is 9.92. The first-order valence-electron chi connectivity index (χ1n) is 4.47. The van der Waals surface area contributed by atoms with Crippen molar-refractivity contribution in [2.24, 2.45) is 0 Å². The van der Waals surface area contributed by atoms with Gasteiger partial charge in [-0.05, 0) is 30.7 Å². The van der Waals surface area contributed by atoms with Crippen LogP contribution in [0.2, 0.25) is 5.02 Å². The number of benzene rings is 1. The molecule has 80 valence electrons. The number of rotatable bonds is 3. The summed E-state index contributed by atoms with van der Waals surface area (Å²) in [5.74, 6) is -1.15. The topological polar surface area (TPSA) is 46.5 Å². The lowest BCUT2D eigenvalue weighted by Crippen LogP contribution is -2.06. The van der Waals surface area contributed by atoms with Crippen molar-refractivity contribution in [2.75, 3.05) is 6.61 Å². The monoisotopic (exact) mass is 226 g/mol. The van der Waals surface area contributed by atoms with Crippen LogP contribution in [0.15, 0.2) is 30.0 Å². The highest BCUT2D eigenvalue weighted by atomic mass is 35.5. The van der Waals surface area contributed by atoms with Crippen molar-refractivity contribution in [3.8, 4) is 0 Å². The predicted molar refractivity (Wildman–Crippen MR) is 58.7 cm³/mol. The van der Waals surface area contributed by atoms with Crippen LogP contribution in [0, 0.1) is 0 Å². The first-order valence-corrected chi connectivity index (χ1v) is 4.84. The molecular formula is C11H11ClO3. The van der Waals surface area contributed by atoms with E-state index in [0.717, 1.165) is 0 Å². The number of halogens is 1. The SMILES string of the molecule is CCOC(=O)/C(O)=C/c1ccc(Cl)cc1. The molecular weight excluding hydrogens is 216 g/mol. The van der Waals surface area contributed by atoms with Crippen molar-refractivity contribution < 1.29 is 14.6 Å². The van der Waals surface area contributed by atoms with Crippen LogP contribution in [-0.4, -0.2) is 17.7 Å². The number of carbonyl (C=O) groups is 1. The van der Waals surface area contributed by atoms with Crippen LogP contribution in [0.5, 0.6) is 0 Å². The van der Waals surface area contributed by atoms with Gasteiger partial charge in [-0.15, -0.1) is 0 Å². The molecule has 0 unspecified atom stereocenters. The number of carbonyl (C=O) groups excluding carboxylic acids is 1. The largest absolute Gasteiger partial charge is 0.502 e. The van der Waals surface area contributed by atoms with Gasteiger partial charge in [-0.3, -0.25) is 0 Å². The molecule has 1 N–H and O–H groups in total. The summed E-state index contributed by atoms with van der Waals surface area (Å²) in [4.78, 5) is 11.0. The zero-order valence-corrected chi connectivity index (χ0v) is 8.99. The molecule has 0 aliphatic heterocycles. The average Bonchev–Trinajstić information content (AvgIpc) is 2.22. The Balaban J connectivity index is 2.78. The Labute approximate surface area is 92.9 Å². The number of aliphatic hydroxyl groups is 1. The van der Waals surface area contributed by atoms with Crippen LogP contribution >= 0.6 is 11.6 Å². The molecule has 0 aromatic heterocycles. The molecule has 15 heavy (non-hydrogen) atoms. The maximum absolute atomic E-state index is 11.0. The Morgan fingerprint density at radius 2 is 2.07 bits per heavy atom. The standard InChI is InChI=1S/C11H11ClO3/c1-2-15-11(14)10(13)7-8-3-5-9(12)6-4-8/h3-7,13H,2H2,1H3/b10-7-. The van der Waals surface area contributed by atoms with E-state index < -0.39 is 11.7 Å². The quantitative estimate of drug-likeness (QED) is 0.490. The molecule has 1 aromatic rings. The molecule has 0 heterocycles. The molecule has 0 radical (unpaired) electrons. The molecule has 0 fully saturated rings. The number of aliphatic hydroxyl groups excluding tert-OH is 1. The molecule has 1 rings (SSSR count). The van der Waals surface area contributed by atoms with Crippen LogP contribution in [-0.2, 0) is 9.53 Å². The van der Waals surface area contributed by atoms with E-state index in [9.17, 15) is 9.90 Å². The molecule has 0 saturated heterocycles. The van der Waals surface area contributed by atoms with Gasteiger partial charge in [0, 0.05) is 5.02 Å². The normalized spacial score (nSPS) is 11.2. The lowest BCUT2D eigenvalue weighted by molar-refractivity contribution is -0.141. The second-order valence-corrected chi connectivity index (χ2v) is 3.24. The number of ether oxygens (including phenoxy) is 1. The zero-order valence-electron chi connectivity index (χ0n) is 8.24. The van der Waals surface area contributed by atoms with E-state index in [1.165, 1.54) is 6.08 Å². The lowest BCUT2D eigenvalue weighted by atomic mass is 10.2. The first-order chi connectivity index (χ1) is 7.13. The van der Waals surface area contributed by atoms with E-state index in [4.69, 9.17) is 11.6 Å². The Morgan fingerprint density at radius 1 is 1.47 bits per heavy atom. The molecule has 0 saturated carbocycles. The molecule has 0 spiro atoms. The third-order valence-electron chi connectivity index (χ3n) is 1.66. The van der Waals surface area contributed by atoms with Gasteiger partial charge in [0.2, 0.25) is 5.76 Å². The van der Waals surface area contributed by atoms with Crippen LogP contribution in [0.25, 0.3) is 6.08 Å². The molecule has 4 heteroatoms. The summed E-state index contributed by atoms with van der Waals surface area (Å²) in [5.41, 5.74) is 0.685. The van der Waals surface area contributed by atoms with Crippen LogP contribution in [0.1, 0.15) is 12.5 Å². The summed E-state index contributed by atoms with van der Waals surface area (Å²) in [6, 6.07) is 6.73. The average molecular weight is 227 g/mol. The minimum atomic E-state index is -0.729. The predicted octanol–water partition coefficient (Wildman–Crippen LogP) is 2.80. The van der Waals surface area contributed by atoms with E-state index in [-0.39, 0.29) is 6.61 Å². The van der Waals surface area contributed by atoms with E-state index in [0.29, 0.717) is 10.6 Å². The van der Waals surface area contributed by atoms with Gasteiger partial charge in [0.1, 0.15) is 0 Å². The highest BCUT2D eigenvalue weighted by Gasteiger charge is 2.07. The maximum atomic E-state index is 11.0. The van der Waals surface area contributed by atoms with E-state index >= 15 is 0 Å². The highest BCUT2D eigenvalue weighted by Crippen LogP contribution is 2.12. The van der Waals surface area contributed by atoms with Crippen molar-refractivity contribution in [2.45, 2.75) is 6.92 Å². The molecule has 1 aromatic carbocycles. The van der Waals surface area contributed by atoms with Gasteiger partial charge in [-0.2, -0.15) is 0 Å². The molecule has 0 aliphatic carbocycles. The lowest BCUT2D eigenvalue weighted by Gasteiger charge is -2.00. The summed E-state index contributed by atoms with van der Waals surface area (Å²) >= 11 is 5.69. The number of hydrogen-bond acceptors (Lipinski definition) is 3. The highest BCUT2D eigenvalue weighted by molar-refractivity contribution is 6.30. The van der Waals surface area contributed by atoms with Gasteiger partial charge in [0.15, 0.2) is 0 Å². The summed E-state index contributed by atoms with van der Waals surface area (Å²) in [6.07, 6.45) is 1.33. The minimum Gasteiger partial charge on any atom is -0.502 e. The Kier molecular flexibility index (Phi) is 4.18. The maximum Gasteiger partial charge on any atom is 0.373 e. The van der Waals surface area contributed by atoms with Crippen molar-refractivity contribution >= 4 is 23.6 Å². The Morgan fingerprint density at radius 3 is 2.60 bits per heavy atom. The number of esters is 1. The first kappa shape index (κ1) is 11.6. The Hall–Kier alpha value is -1.48. The third-order valence-corrected chi connectivity index (χ3v) is 1.91. The van der Waals surface area contributed by atoms with Gasteiger partial charge < -0.3 is 9.84 Å². The fraction of sp³-hybridized carbons (Fsp3) is 0.182. The van der Waals surface area contributed by atoms with Crippen molar-refractivity contribution in [1.82, 2.24) is 0 Å². The summed E-state index contributed by atoms with van der Waals surface area (Å²) in [6.45, 7) is 1.91. The van der Waals surface area contributed by atoms with E-state index in [2.05, 4.69) is 4.74 Å². The second kappa shape index (κ2) is 5.41. The van der Waals surface area contributed by atoms with Gasteiger partial charge >= 0.3 is 5.97 Å². The van der Waals surface area contributed by atoms with Crippen molar-refractivity contribution in [1.29, 1.82) is 0 Å². The summed E-state index contributed by atoms with van der Waals surface area (Å²) in [7, 11) is 0. The van der Waals surface area contributed by atoms with E-state index in [1.54, 1.807) is 31.2 Å².